The first kappa shape index (κ1) is 16.0. The lowest BCUT2D eigenvalue weighted by Crippen LogP contribution is -2.24. The Morgan fingerprint density at radius 2 is 1.76 bits per heavy atom. The molecule has 1 aromatic carbocycles. The van der Waals surface area contributed by atoms with Gasteiger partial charge in [-0.05, 0) is 24.6 Å². The maximum absolute atomic E-state index is 10.7. The zero-order valence-electron chi connectivity index (χ0n) is 13.3. The first-order valence-electron chi connectivity index (χ1n) is 7.04. The number of methoxy groups -OCH3 is 1. The smallest absolute Gasteiger partial charge is 0.118 e. The summed E-state index contributed by atoms with van der Waals surface area (Å²) in [6, 6.07) is 7.53. The van der Waals surface area contributed by atoms with E-state index in [1.807, 2.05) is 31.2 Å². The van der Waals surface area contributed by atoms with Crippen LogP contribution >= 0.6 is 11.3 Å². The zero-order valence-corrected chi connectivity index (χ0v) is 14.1. The predicted octanol–water partition coefficient (Wildman–Crippen LogP) is 3.90. The fourth-order valence-corrected chi connectivity index (χ4v) is 3.25. The molecule has 0 saturated heterocycles. The molecule has 0 fully saturated rings. The van der Waals surface area contributed by atoms with Crippen LogP contribution in [0.3, 0.4) is 0 Å². The molecule has 2 aromatic rings. The molecular weight excluding hydrogens is 282 g/mol. The van der Waals surface area contributed by atoms with E-state index in [0.29, 0.717) is 6.42 Å². The third-order valence-electron chi connectivity index (χ3n) is 3.53. The van der Waals surface area contributed by atoms with Crippen LogP contribution in [0.5, 0.6) is 5.75 Å². The van der Waals surface area contributed by atoms with Gasteiger partial charge in [0.15, 0.2) is 0 Å². The van der Waals surface area contributed by atoms with Crippen LogP contribution in [0, 0.1) is 0 Å². The van der Waals surface area contributed by atoms with Crippen LogP contribution in [-0.4, -0.2) is 17.2 Å². The Morgan fingerprint density at radius 3 is 2.24 bits per heavy atom. The molecule has 0 aliphatic carbocycles. The van der Waals surface area contributed by atoms with Crippen LogP contribution < -0.4 is 4.74 Å². The van der Waals surface area contributed by atoms with E-state index in [2.05, 4.69) is 31.1 Å². The quantitative estimate of drug-likeness (QED) is 0.931. The first-order chi connectivity index (χ1) is 9.72. The minimum absolute atomic E-state index is 0.0424. The first-order valence-corrected chi connectivity index (χ1v) is 7.92. The predicted molar refractivity (Wildman–Crippen MR) is 87.1 cm³/mol. The van der Waals surface area contributed by atoms with Gasteiger partial charge in [-0.2, -0.15) is 0 Å². The Labute approximate surface area is 130 Å². The monoisotopic (exact) mass is 305 g/mol. The average molecular weight is 305 g/mol. The van der Waals surface area contributed by atoms with Crippen LogP contribution in [-0.2, 0) is 17.4 Å². The average Bonchev–Trinajstić information content (AvgIpc) is 2.86. The molecule has 0 aliphatic rings. The Bertz CT molecular complexity index is 594. The van der Waals surface area contributed by atoms with Crippen LogP contribution in [0.25, 0.3) is 0 Å². The van der Waals surface area contributed by atoms with Crippen molar-refractivity contribution in [2.75, 3.05) is 7.11 Å². The second kappa shape index (κ2) is 5.78. The third-order valence-corrected chi connectivity index (χ3v) is 4.38. The van der Waals surface area contributed by atoms with Gasteiger partial charge in [-0.25, -0.2) is 4.98 Å². The highest BCUT2D eigenvalue weighted by Crippen LogP contribution is 2.30. The van der Waals surface area contributed by atoms with Crippen molar-refractivity contribution >= 4 is 11.3 Å². The number of thiazole rings is 1. The molecule has 1 atom stereocenters. The van der Waals surface area contributed by atoms with E-state index in [-0.39, 0.29) is 5.41 Å². The van der Waals surface area contributed by atoms with Crippen LogP contribution in [0.4, 0.5) is 0 Å². The summed E-state index contributed by atoms with van der Waals surface area (Å²) in [4.78, 5) is 4.66. The third kappa shape index (κ3) is 3.83. The molecule has 0 bridgehead atoms. The van der Waals surface area contributed by atoms with Crippen LogP contribution in [0.15, 0.2) is 29.6 Å². The van der Waals surface area contributed by atoms with E-state index in [1.54, 1.807) is 18.4 Å². The zero-order chi connectivity index (χ0) is 15.7. The van der Waals surface area contributed by atoms with Gasteiger partial charge in [-0.1, -0.05) is 32.9 Å². The van der Waals surface area contributed by atoms with E-state index in [4.69, 9.17) is 4.74 Å². The fourth-order valence-electron chi connectivity index (χ4n) is 2.08. The summed E-state index contributed by atoms with van der Waals surface area (Å²) < 4.78 is 5.15. The van der Waals surface area contributed by atoms with Crippen molar-refractivity contribution in [1.29, 1.82) is 0 Å². The number of rotatable bonds is 4. The molecule has 1 N–H and O–H groups in total. The standard InChI is InChI=1S/C17H23NO2S/c1-16(2,3)14-11-21-15(18-14)10-17(4,19)12-6-8-13(20-5)9-7-12/h6-9,11,19H,10H2,1-5H3. The molecular formula is C17H23NO2S. The maximum Gasteiger partial charge on any atom is 0.118 e. The molecule has 114 valence electrons. The van der Waals surface area contributed by atoms with Crippen molar-refractivity contribution in [3.05, 3.63) is 45.9 Å². The summed E-state index contributed by atoms with van der Waals surface area (Å²) >= 11 is 1.61. The van der Waals surface area contributed by atoms with Gasteiger partial charge in [0, 0.05) is 17.2 Å². The van der Waals surface area contributed by atoms with Crippen molar-refractivity contribution in [3.8, 4) is 5.75 Å². The summed E-state index contributed by atoms with van der Waals surface area (Å²) in [5, 5.41) is 13.8. The molecule has 0 aliphatic heterocycles. The number of hydrogen-bond donors (Lipinski definition) is 1. The molecule has 0 radical (unpaired) electrons. The lowest BCUT2D eigenvalue weighted by Gasteiger charge is -2.23. The highest BCUT2D eigenvalue weighted by molar-refractivity contribution is 7.09. The Kier molecular flexibility index (Phi) is 4.40. The van der Waals surface area contributed by atoms with Gasteiger partial charge in [-0.15, -0.1) is 11.3 Å². The summed E-state index contributed by atoms with van der Waals surface area (Å²) in [5.41, 5.74) is 1.06. The second-order valence-electron chi connectivity index (χ2n) is 6.56. The topological polar surface area (TPSA) is 42.4 Å². The minimum atomic E-state index is -0.931. The second-order valence-corrected chi connectivity index (χ2v) is 7.50. The Balaban J connectivity index is 2.18. The van der Waals surface area contributed by atoms with Crippen molar-refractivity contribution in [3.63, 3.8) is 0 Å². The normalized spacial score (nSPS) is 14.8. The number of ether oxygens (including phenoxy) is 1. The number of nitrogens with zero attached hydrogens (tertiary/aromatic N) is 1. The van der Waals surface area contributed by atoms with Crippen molar-refractivity contribution in [1.82, 2.24) is 4.98 Å². The van der Waals surface area contributed by atoms with Gasteiger partial charge in [-0.3, -0.25) is 0 Å². The van der Waals surface area contributed by atoms with E-state index < -0.39 is 5.60 Å². The number of hydrogen-bond acceptors (Lipinski definition) is 4. The molecule has 21 heavy (non-hydrogen) atoms. The SMILES string of the molecule is COc1ccc(C(C)(O)Cc2nc(C(C)(C)C)cs2)cc1. The Hall–Kier alpha value is -1.39. The number of aromatic nitrogens is 1. The Morgan fingerprint density at radius 1 is 1.14 bits per heavy atom. The molecule has 1 heterocycles. The molecule has 3 nitrogen and oxygen atoms in total. The summed E-state index contributed by atoms with van der Waals surface area (Å²) in [5.74, 6) is 0.791. The van der Waals surface area contributed by atoms with Crippen molar-refractivity contribution in [2.24, 2.45) is 0 Å². The lowest BCUT2D eigenvalue weighted by molar-refractivity contribution is 0.0574. The van der Waals surface area contributed by atoms with Gasteiger partial charge < -0.3 is 9.84 Å². The van der Waals surface area contributed by atoms with Crippen LogP contribution in [0.1, 0.15) is 44.0 Å². The molecule has 0 amide bonds. The molecule has 0 saturated carbocycles. The number of aliphatic hydroxyl groups is 1. The van der Waals surface area contributed by atoms with Crippen molar-refractivity contribution in [2.45, 2.75) is 45.1 Å². The molecule has 1 aromatic heterocycles. The van der Waals surface area contributed by atoms with Crippen LogP contribution in [0.2, 0.25) is 0 Å². The highest BCUT2D eigenvalue weighted by Gasteiger charge is 2.26. The van der Waals surface area contributed by atoms with E-state index in [9.17, 15) is 5.11 Å². The van der Waals surface area contributed by atoms with Gasteiger partial charge in [0.25, 0.3) is 0 Å². The van der Waals surface area contributed by atoms with Crippen molar-refractivity contribution < 1.29 is 9.84 Å². The van der Waals surface area contributed by atoms with E-state index in [0.717, 1.165) is 22.0 Å². The molecule has 2 rings (SSSR count). The largest absolute Gasteiger partial charge is 0.497 e. The summed E-state index contributed by atoms with van der Waals surface area (Å²) in [6.07, 6.45) is 0.514. The van der Waals surface area contributed by atoms with E-state index in [1.165, 1.54) is 0 Å². The van der Waals surface area contributed by atoms with Gasteiger partial charge >= 0.3 is 0 Å². The summed E-state index contributed by atoms with van der Waals surface area (Å²) in [6.45, 7) is 8.27. The molecule has 0 spiro atoms. The minimum Gasteiger partial charge on any atom is -0.497 e. The lowest BCUT2D eigenvalue weighted by atomic mass is 9.92. The highest BCUT2D eigenvalue weighted by atomic mass is 32.1. The fraction of sp³-hybridized carbons (Fsp3) is 0.471. The molecule has 4 heteroatoms. The van der Waals surface area contributed by atoms with Gasteiger partial charge in [0.05, 0.1) is 23.4 Å². The van der Waals surface area contributed by atoms with Gasteiger partial charge in [0.1, 0.15) is 5.75 Å². The number of benzene rings is 1. The molecule has 1 unspecified atom stereocenters. The maximum atomic E-state index is 10.7. The van der Waals surface area contributed by atoms with E-state index >= 15 is 0 Å². The summed E-state index contributed by atoms with van der Waals surface area (Å²) in [7, 11) is 1.64. The van der Waals surface area contributed by atoms with Gasteiger partial charge in [0.2, 0.25) is 0 Å².